The number of ether oxygens (including phenoxy) is 1. The molecular weight excluding hydrogens is 394 g/mol. The number of benzene rings is 1. The van der Waals surface area contributed by atoms with Crippen molar-refractivity contribution in [2.24, 2.45) is 0 Å². The SMILES string of the molecule is CN1CCN(C(=O)c2cnc3c(c2)C(c2ccc4c(c2)OCCNC4=O)=CCN3)CC1. The third kappa shape index (κ3) is 3.74. The van der Waals surface area contributed by atoms with Crippen molar-refractivity contribution in [2.75, 3.05) is 58.2 Å². The predicted octanol–water partition coefficient (Wildman–Crippen LogP) is 1.45. The van der Waals surface area contributed by atoms with Gasteiger partial charge in [0.2, 0.25) is 0 Å². The summed E-state index contributed by atoms with van der Waals surface area (Å²) in [6, 6.07) is 7.53. The number of hydrogen-bond donors (Lipinski definition) is 2. The number of piperazine rings is 1. The summed E-state index contributed by atoms with van der Waals surface area (Å²) in [4.78, 5) is 33.9. The van der Waals surface area contributed by atoms with Gasteiger partial charge in [-0.05, 0) is 36.4 Å². The molecule has 1 saturated heterocycles. The van der Waals surface area contributed by atoms with Crippen molar-refractivity contribution >= 4 is 23.2 Å². The van der Waals surface area contributed by atoms with Gasteiger partial charge in [0.15, 0.2) is 0 Å². The fourth-order valence-electron chi connectivity index (χ4n) is 4.17. The molecule has 0 saturated carbocycles. The van der Waals surface area contributed by atoms with Crippen molar-refractivity contribution in [2.45, 2.75) is 0 Å². The highest BCUT2D eigenvalue weighted by Gasteiger charge is 2.24. The molecule has 5 rings (SSSR count). The van der Waals surface area contributed by atoms with Crippen LogP contribution in [0.3, 0.4) is 0 Å². The van der Waals surface area contributed by atoms with E-state index >= 15 is 0 Å². The summed E-state index contributed by atoms with van der Waals surface area (Å²) in [6.07, 6.45) is 3.73. The minimum atomic E-state index is -0.125. The zero-order valence-corrected chi connectivity index (χ0v) is 17.5. The van der Waals surface area contributed by atoms with Gasteiger partial charge < -0.3 is 25.2 Å². The third-order valence-corrected chi connectivity index (χ3v) is 5.97. The Balaban J connectivity index is 1.47. The van der Waals surface area contributed by atoms with Crippen LogP contribution in [0, 0.1) is 0 Å². The van der Waals surface area contributed by atoms with Gasteiger partial charge in [-0.25, -0.2) is 4.98 Å². The number of fused-ring (bicyclic) bond motifs is 2. The van der Waals surface area contributed by atoms with Crippen molar-refractivity contribution < 1.29 is 14.3 Å². The molecule has 160 valence electrons. The summed E-state index contributed by atoms with van der Waals surface area (Å²) in [5.74, 6) is 1.21. The molecule has 3 aliphatic heterocycles. The smallest absolute Gasteiger partial charge is 0.255 e. The van der Waals surface area contributed by atoms with Gasteiger partial charge in [-0.15, -0.1) is 0 Å². The summed E-state index contributed by atoms with van der Waals surface area (Å²) < 4.78 is 5.78. The first-order valence-electron chi connectivity index (χ1n) is 10.6. The first kappa shape index (κ1) is 19.6. The molecule has 31 heavy (non-hydrogen) atoms. The highest BCUT2D eigenvalue weighted by molar-refractivity contribution is 5.99. The van der Waals surface area contributed by atoms with Crippen molar-refractivity contribution in [3.63, 3.8) is 0 Å². The lowest BCUT2D eigenvalue weighted by molar-refractivity contribution is 0.0663. The molecule has 0 spiro atoms. The second kappa shape index (κ2) is 8.03. The minimum absolute atomic E-state index is 0.00950. The van der Waals surface area contributed by atoms with E-state index < -0.39 is 0 Å². The van der Waals surface area contributed by atoms with E-state index in [1.165, 1.54) is 0 Å². The molecule has 3 aliphatic rings. The third-order valence-electron chi connectivity index (χ3n) is 5.97. The van der Waals surface area contributed by atoms with Crippen LogP contribution in [0.15, 0.2) is 36.5 Å². The number of likely N-dealkylation sites (N-methyl/N-ethyl adjacent to an activating group) is 1. The van der Waals surface area contributed by atoms with Crippen LogP contribution >= 0.6 is 0 Å². The number of carbonyl (C=O) groups excluding carboxylic acids is 2. The van der Waals surface area contributed by atoms with Crippen LogP contribution in [0.2, 0.25) is 0 Å². The van der Waals surface area contributed by atoms with Crippen molar-refractivity contribution in [3.05, 3.63) is 58.8 Å². The van der Waals surface area contributed by atoms with Gasteiger partial charge in [0.25, 0.3) is 11.8 Å². The maximum absolute atomic E-state index is 13.1. The van der Waals surface area contributed by atoms with E-state index in [0.717, 1.165) is 48.7 Å². The number of nitrogens with one attached hydrogen (secondary N) is 2. The van der Waals surface area contributed by atoms with Gasteiger partial charge >= 0.3 is 0 Å². The van der Waals surface area contributed by atoms with E-state index in [0.29, 0.717) is 36.6 Å². The summed E-state index contributed by atoms with van der Waals surface area (Å²) in [5.41, 5.74) is 3.91. The second-order valence-electron chi connectivity index (χ2n) is 8.03. The maximum atomic E-state index is 13.1. The van der Waals surface area contributed by atoms with E-state index in [1.807, 2.05) is 23.1 Å². The molecule has 0 bridgehead atoms. The van der Waals surface area contributed by atoms with E-state index in [9.17, 15) is 9.59 Å². The molecule has 4 heterocycles. The van der Waals surface area contributed by atoms with Gasteiger partial charge in [0.1, 0.15) is 18.2 Å². The Morgan fingerprint density at radius 2 is 1.94 bits per heavy atom. The Bertz CT molecular complexity index is 1070. The lowest BCUT2D eigenvalue weighted by Gasteiger charge is -2.32. The molecular formula is C23H25N5O3. The molecule has 0 radical (unpaired) electrons. The first-order chi connectivity index (χ1) is 15.1. The van der Waals surface area contributed by atoms with E-state index in [1.54, 1.807) is 12.3 Å². The van der Waals surface area contributed by atoms with Crippen LogP contribution in [0.4, 0.5) is 5.82 Å². The molecule has 0 atom stereocenters. The highest BCUT2D eigenvalue weighted by Crippen LogP contribution is 2.34. The molecule has 1 aromatic heterocycles. The Morgan fingerprint density at radius 3 is 2.77 bits per heavy atom. The van der Waals surface area contributed by atoms with Crippen LogP contribution in [0.25, 0.3) is 5.57 Å². The number of pyridine rings is 1. The molecule has 0 unspecified atom stereocenters. The monoisotopic (exact) mass is 419 g/mol. The summed E-state index contributed by atoms with van der Waals surface area (Å²) in [7, 11) is 2.07. The molecule has 2 amide bonds. The Morgan fingerprint density at radius 1 is 1.10 bits per heavy atom. The minimum Gasteiger partial charge on any atom is -0.491 e. The molecule has 1 aromatic carbocycles. The normalized spacial score (nSPS) is 18.5. The van der Waals surface area contributed by atoms with E-state index in [2.05, 4.69) is 33.6 Å². The van der Waals surface area contributed by atoms with Gasteiger partial charge in [-0.3, -0.25) is 9.59 Å². The number of rotatable bonds is 2. The predicted molar refractivity (Wildman–Crippen MR) is 117 cm³/mol. The largest absolute Gasteiger partial charge is 0.491 e. The highest BCUT2D eigenvalue weighted by atomic mass is 16.5. The molecule has 1 fully saturated rings. The van der Waals surface area contributed by atoms with Gasteiger partial charge in [0, 0.05) is 44.5 Å². The molecule has 8 heteroatoms. The maximum Gasteiger partial charge on any atom is 0.255 e. The summed E-state index contributed by atoms with van der Waals surface area (Å²) >= 11 is 0. The van der Waals surface area contributed by atoms with Gasteiger partial charge in [-0.2, -0.15) is 0 Å². The Hall–Kier alpha value is -3.39. The van der Waals surface area contributed by atoms with Gasteiger partial charge in [0.05, 0.1) is 17.7 Å². The molecule has 8 nitrogen and oxygen atoms in total. The zero-order chi connectivity index (χ0) is 21.4. The summed E-state index contributed by atoms with van der Waals surface area (Å²) in [6.45, 7) is 4.75. The fourth-order valence-corrected chi connectivity index (χ4v) is 4.17. The van der Waals surface area contributed by atoms with Gasteiger partial charge in [-0.1, -0.05) is 12.1 Å². The fraction of sp³-hybridized carbons (Fsp3) is 0.348. The molecule has 0 aliphatic carbocycles. The number of amides is 2. The van der Waals surface area contributed by atoms with Crippen molar-refractivity contribution in [1.29, 1.82) is 0 Å². The Kier molecular flexibility index (Phi) is 5.07. The van der Waals surface area contributed by atoms with Crippen LogP contribution in [0.1, 0.15) is 31.8 Å². The number of hydrogen-bond acceptors (Lipinski definition) is 6. The number of carbonyl (C=O) groups is 2. The zero-order valence-electron chi connectivity index (χ0n) is 17.5. The average molecular weight is 419 g/mol. The van der Waals surface area contributed by atoms with Crippen LogP contribution < -0.4 is 15.4 Å². The molecule has 2 aromatic rings. The van der Waals surface area contributed by atoms with Crippen LogP contribution in [-0.2, 0) is 0 Å². The Labute approximate surface area is 180 Å². The number of anilines is 1. The first-order valence-corrected chi connectivity index (χ1v) is 10.6. The van der Waals surface area contributed by atoms with Crippen LogP contribution in [-0.4, -0.2) is 79.5 Å². The van der Waals surface area contributed by atoms with E-state index in [-0.39, 0.29) is 11.8 Å². The second-order valence-corrected chi connectivity index (χ2v) is 8.03. The standard InChI is InChI=1S/C23H25N5O3/c1-27-7-9-28(10-8-27)23(30)16-12-19-17(4-5-24-21(19)26-14-16)15-2-3-18-20(13-15)31-11-6-25-22(18)29/h2-4,12-14H,5-11H2,1H3,(H,24,26)(H,25,29). The lowest BCUT2D eigenvalue weighted by Crippen LogP contribution is -2.47. The number of nitrogens with zero attached hydrogens (tertiary/aromatic N) is 3. The summed E-state index contributed by atoms with van der Waals surface area (Å²) in [5, 5.41) is 6.10. The molecule has 2 N–H and O–H groups in total. The van der Waals surface area contributed by atoms with Crippen molar-refractivity contribution in [3.8, 4) is 5.75 Å². The lowest BCUT2D eigenvalue weighted by atomic mass is 9.93. The topological polar surface area (TPSA) is 86.8 Å². The number of aromatic nitrogens is 1. The average Bonchev–Trinajstić information content (AvgIpc) is 2.99. The van der Waals surface area contributed by atoms with Crippen LogP contribution in [0.5, 0.6) is 5.75 Å². The quantitative estimate of drug-likeness (QED) is 0.766. The van der Waals surface area contributed by atoms with E-state index in [4.69, 9.17) is 4.74 Å². The van der Waals surface area contributed by atoms with Crippen molar-refractivity contribution in [1.82, 2.24) is 20.1 Å².